The lowest BCUT2D eigenvalue weighted by molar-refractivity contribution is -0.141. The van der Waals surface area contributed by atoms with E-state index in [0.717, 1.165) is 0 Å². The number of hydrogen-bond donors (Lipinski definition) is 2. The number of nitrogens with two attached hydrogens (primary N) is 1. The van der Waals surface area contributed by atoms with Gasteiger partial charge in [0.05, 0.1) is 13.2 Å². The molecule has 0 aliphatic carbocycles. The Balaban J connectivity index is 0. The van der Waals surface area contributed by atoms with E-state index in [1.165, 1.54) is 7.11 Å². The molecule has 15 heavy (non-hydrogen) atoms. The smallest absolute Gasteiger partial charge is 0.325 e. The first-order valence-electron chi connectivity index (χ1n) is 4.57. The van der Waals surface area contributed by atoms with Crippen LogP contribution in [0.4, 0.5) is 0 Å². The molecule has 0 unspecified atom stereocenters. The molecule has 0 bridgehead atoms. The van der Waals surface area contributed by atoms with Crippen LogP contribution in [0.15, 0.2) is 0 Å². The largest absolute Gasteiger partial charge is 0.468 e. The predicted molar refractivity (Wildman–Crippen MR) is 59.7 cm³/mol. The Bertz CT molecular complexity index is 210. The zero-order valence-corrected chi connectivity index (χ0v) is 10.1. The lowest BCUT2D eigenvalue weighted by Gasteiger charge is -2.13. The fourth-order valence-corrected chi connectivity index (χ4v) is 0.977. The van der Waals surface area contributed by atoms with Crippen LogP contribution >= 0.6 is 12.4 Å². The third-order valence-electron chi connectivity index (χ3n) is 1.70. The molecule has 3 N–H and O–H groups in total. The van der Waals surface area contributed by atoms with Gasteiger partial charge in [-0.05, 0) is 12.3 Å². The molecule has 1 atom stereocenters. The Morgan fingerprint density at radius 1 is 1.40 bits per heavy atom. The monoisotopic (exact) mass is 238 g/mol. The van der Waals surface area contributed by atoms with Gasteiger partial charge >= 0.3 is 5.97 Å². The van der Waals surface area contributed by atoms with E-state index >= 15 is 0 Å². The van der Waals surface area contributed by atoms with E-state index in [0.29, 0.717) is 12.3 Å². The molecule has 0 heterocycles. The molecule has 0 aliphatic rings. The number of esters is 1. The van der Waals surface area contributed by atoms with Gasteiger partial charge in [0, 0.05) is 0 Å². The van der Waals surface area contributed by atoms with E-state index in [1.807, 2.05) is 13.8 Å². The van der Waals surface area contributed by atoms with Crippen molar-refractivity contribution in [3.05, 3.63) is 0 Å². The van der Waals surface area contributed by atoms with Crippen LogP contribution < -0.4 is 11.1 Å². The second-order valence-corrected chi connectivity index (χ2v) is 3.53. The van der Waals surface area contributed by atoms with Gasteiger partial charge in [0.25, 0.3) is 0 Å². The lowest BCUT2D eigenvalue weighted by Crippen LogP contribution is -2.43. The van der Waals surface area contributed by atoms with Gasteiger partial charge in [-0.15, -0.1) is 12.4 Å². The first kappa shape index (κ1) is 16.6. The van der Waals surface area contributed by atoms with E-state index in [4.69, 9.17) is 5.73 Å². The summed E-state index contributed by atoms with van der Waals surface area (Å²) in [7, 11) is 1.27. The highest BCUT2D eigenvalue weighted by Gasteiger charge is 2.15. The maximum Gasteiger partial charge on any atom is 0.325 e. The Morgan fingerprint density at radius 3 is 2.33 bits per heavy atom. The highest BCUT2D eigenvalue weighted by molar-refractivity contribution is 5.85. The molecule has 90 valence electrons. The first-order chi connectivity index (χ1) is 6.47. The van der Waals surface area contributed by atoms with Gasteiger partial charge in [0.2, 0.25) is 5.91 Å². The SMILES string of the molecule is COC(=O)CNC(=O)[C@@H](N)CC(C)C.Cl. The second-order valence-electron chi connectivity index (χ2n) is 3.53. The molecule has 0 aromatic heterocycles. The average molecular weight is 239 g/mol. The maximum absolute atomic E-state index is 11.3. The fraction of sp³-hybridized carbons (Fsp3) is 0.778. The van der Waals surface area contributed by atoms with Crippen LogP contribution in [0.25, 0.3) is 0 Å². The molecule has 0 saturated carbocycles. The van der Waals surface area contributed by atoms with E-state index in [2.05, 4.69) is 10.1 Å². The van der Waals surface area contributed by atoms with Crippen LogP contribution in [0, 0.1) is 5.92 Å². The number of carbonyl (C=O) groups excluding carboxylic acids is 2. The third kappa shape index (κ3) is 8.20. The van der Waals surface area contributed by atoms with Crippen molar-refractivity contribution < 1.29 is 14.3 Å². The fourth-order valence-electron chi connectivity index (χ4n) is 0.977. The molecule has 0 saturated heterocycles. The molecule has 1 amide bonds. The number of nitrogens with one attached hydrogen (secondary N) is 1. The van der Waals surface area contributed by atoms with Crippen LogP contribution in [0.2, 0.25) is 0 Å². The lowest BCUT2D eigenvalue weighted by atomic mass is 10.0. The van der Waals surface area contributed by atoms with Crippen molar-refractivity contribution in [1.82, 2.24) is 5.32 Å². The van der Waals surface area contributed by atoms with Crippen LogP contribution in [0.5, 0.6) is 0 Å². The van der Waals surface area contributed by atoms with E-state index in [-0.39, 0.29) is 24.9 Å². The van der Waals surface area contributed by atoms with Crippen molar-refractivity contribution in [2.24, 2.45) is 11.7 Å². The Kier molecular flexibility index (Phi) is 9.41. The summed E-state index contributed by atoms with van der Waals surface area (Å²) in [5.74, 6) is -0.437. The number of halogens is 1. The Morgan fingerprint density at radius 2 is 1.93 bits per heavy atom. The molecular weight excluding hydrogens is 220 g/mol. The quantitative estimate of drug-likeness (QED) is 0.665. The average Bonchev–Trinajstić information content (AvgIpc) is 2.12. The number of hydrogen-bond acceptors (Lipinski definition) is 4. The molecule has 0 spiro atoms. The number of carbonyl (C=O) groups is 2. The standard InChI is InChI=1S/C9H18N2O3.ClH/c1-6(2)4-7(10)9(13)11-5-8(12)14-3;/h6-7H,4-5,10H2,1-3H3,(H,11,13);1H/t7-;/m0./s1. The van der Waals surface area contributed by atoms with Crippen LogP contribution in [-0.2, 0) is 14.3 Å². The third-order valence-corrected chi connectivity index (χ3v) is 1.70. The van der Waals surface area contributed by atoms with Gasteiger partial charge < -0.3 is 15.8 Å². The van der Waals surface area contributed by atoms with Crippen molar-refractivity contribution in [1.29, 1.82) is 0 Å². The molecule has 0 fully saturated rings. The topological polar surface area (TPSA) is 81.4 Å². The van der Waals surface area contributed by atoms with E-state index in [1.54, 1.807) is 0 Å². The summed E-state index contributed by atoms with van der Waals surface area (Å²) in [5, 5.41) is 2.40. The number of rotatable bonds is 5. The minimum absolute atomic E-state index is 0. The van der Waals surface area contributed by atoms with Gasteiger partial charge in [-0.3, -0.25) is 9.59 Å². The molecule has 5 nitrogen and oxygen atoms in total. The number of amides is 1. The minimum atomic E-state index is -0.556. The molecule has 0 aromatic rings. The van der Waals surface area contributed by atoms with E-state index in [9.17, 15) is 9.59 Å². The first-order valence-corrected chi connectivity index (χ1v) is 4.57. The molecule has 0 rings (SSSR count). The van der Waals surface area contributed by atoms with Crippen molar-refractivity contribution in [3.63, 3.8) is 0 Å². The zero-order chi connectivity index (χ0) is 11.1. The van der Waals surface area contributed by atoms with Gasteiger partial charge in [0.15, 0.2) is 0 Å². The zero-order valence-electron chi connectivity index (χ0n) is 9.28. The summed E-state index contributed by atoms with van der Waals surface area (Å²) >= 11 is 0. The summed E-state index contributed by atoms with van der Waals surface area (Å²) in [4.78, 5) is 21.9. The predicted octanol–water partition coefficient (Wildman–Crippen LogP) is 0.0708. The van der Waals surface area contributed by atoms with Crippen molar-refractivity contribution >= 4 is 24.3 Å². The summed E-state index contributed by atoms with van der Waals surface area (Å²) < 4.78 is 4.37. The Labute approximate surface area is 96.1 Å². The summed E-state index contributed by atoms with van der Waals surface area (Å²) in [5.41, 5.74) is 5.58. The highest BCUT2D eigenvalue weighted by atomic mass is 35.5. The Hall–Kier alpha value is -0.810. The molecule has 0 aliphatic heterocycles. The molecular formula is C9H19ClN2O3. The van der Waals surface area contributed by atoms with Crippen molar-refractivity contribution in [2.75, 3.05) is 13.7 Å². The van der Waals surface area contributed by atoms with Gasteiger partial charge in [0.1, 0.15) is 6.54 Å². The summed E-state index contributed by atoms with van der Waals surface area (Å²) in [6.07, 6.45) is 0.604. The highest BCUT2D eigenvalue weighted by Crippen LogP contribution is 2.02. The van der Waals surface area contributed by atoms with Gasteiger partial charge in [-0.25, -0.2) is 0 Å². The van der Waals surface area contributed by atoms with Gasteiger partial charge in [-0.2, -0.15) is 0 Å². The number of ether oxygens (including phenoxy) is 1. The van der Waals surface area contributed by atoms with Crippen molar-refractivity contribution in [2.45, 2.75) is 26.3 Å². The van der Waals surface area contributed by atoms with E-state index < -0.39 is 12.0 Å². The molecule has 0 aromatic carbocycles. The summed E-state index contributed by atoms with van der Waals surface area (Å²) in [6.45, 7) is 3.84. The molecule has 0 radical (unpaired) electrons. The normalized spacial score (nSPS) is 11.5. The minimum Gasteiger partial charge on any atom is -0.468 e. The van der Waals surface area contributed by atoms with Crippen LogP contribution in [0.1, 0.15) is 20.3 Å². The van der Waals surface area contributed by atoms with Crippen LogP contribution in [0.3, 0.4) is 0 Å². The van der Waals surface area contributed by atoms with Crippen molar-refractivity contribution in [3.8, 4) is 0 Å². The van der Waals surface area contributed by atoms with Crippen LogP contribution in [-0.4, -0.2) is 31.6 Å². The second kappa shape index (κ2) is 8.49. The summed E-state index contributed by atoms with van der Waals surface area (Å²) in [6, 6.07) is -0.556. The van der Waals surface area contributed by atoms with Gasteiger partial charge in [-0.1, -0.05) is 13.8 Å². The maximum atomic E-state index is 11.3. The molecule has 6 heteroatoms. The number of methoxy groups -OCH3 is 1.